The zero-order chi connectivity index (χ0) is 23.5. The Morgan fingerprint density at radius 1 is 1.06 bits per heavy atom. The van der Waals surface area contributed by atoms with E-state index in [0.717, 1.165) is 52.2 Å². The molecule has 6 heteroatoms. The van der Waals surface area contributed by atoms with Crippen LogP contribution in [0.25, 0.3) is 16.5 Å². The number of ether oxygens (including phenoxy) is 1. The summed E-state index contributed by atoms with van der Waals surface area (Å²) in [7, 11) is 0. The number of hydrogen-bond donors (Lipinski definition) is 0. The van der Waals surface area contributed by atoms with E-state index in [0.29, 0.717) is 25.3 Å². The van der Waals surface area contributed by atoms with Crippen LogP contribution in [-0.4, -0.2) is 49.4 Å². The van der Waals surface area contributed by atoms with Crippen LogP contribution < -0.4 is 9.64 Å². The third-order valence-corrected chi connectivity index (χ3v) is 6.16. The SMILES string of the molecule is CCOc1cc2occ(C)c2cc1/C(C)=C/C(=O)N1CCN(c2ccc(C(C)=O)cc2)CC1. The van der Waals surface area contributed by atoms with Gasteiger partial charge >= 0.3 is 0 Å². The number of Topliss-reactive ketones (excluding diaryl/α,β-unsaturated/α-hetero) is 1. The zero-order valence-corrected chi connectivity index (χ0v) is 19.7. The molecule has 0 bridgehead atoms. The minimum absolute atomic E-state index is 0.00513. The average Bonchev–Trinajstić information content (AvgIpc) is 3.18. The Morgan fingerprint density at radius 3 is 2.39 bits per heavy atom. The van der Waals surface area contributed by atoms with Gasteiger partial charge in [0.1, 0.15) is 11.3 Å². The van der Waals surface area contributed by atoms with Gasteiger partial charge in [-0.1, -0.05) is 0 Å². The first-order chi connectivity index (χ1) is 15.9. The largest absolute Gasteiger partial charge is 0.493 e. The number of allylic oxidation sites excluding steroid dienone is 1. The predicted octanol–water partition coefficient (Wildman–Crippen LogP) is 5.09. The van der Waals surface area contributed by atoms with Crippen molar-refractivity contribution < 1.29 is 18.7 Å². The number of rotatable bonds is 6. The summed E-state index contributed by atoms with van der Waals surface area (Å²) in [6, 6.07) is 11.6. The van der Waals surface area contributed by atoms with Crippen molar-refractivity contribution in [3.8, 4) is 5.75 Å². The van der Waals surface area contributed by atoms with Gasteiger partial charge in [-0.25, -0.2) is 0 Å². The summed E-state index contributed by atoms with van der Waals surface area (Å²) >= 11 is 0. The fourth-order valence-electron chi connectivity index (χ4n) is 4.21. The molecule has 2 heterocycles. The lowest BCUT2D eigenvalue weighted by atomic mass is 10.0. The van der Waals surface area contributed by atoms with E-state index < -0.39 is 0 Å². The molecule has 1 aliphatic heterocycles. The Kier molecular flexibility index (Phi) is 6.54. The minimum Gasteiger partial charge on any atom is -0.493 e. The van der Waals surface area contributed by atoms with E-state index in [1.54, 1.807) is 19.3 Å². The fraction of sp³-hybridized carbons (Fsp3) is 0.333. The van der Waals surface area contributed by atoms with Gasteiger partial charge in [0.25, 0.3) is 0 Å². The lowest BCUT2D eigenvalue weighted by Gasteiger charge is -2.35. The topological polar surface area (TPSA) is 63.0 Å². The number of nitrogens with zero attached hydrogens (tertiary/aromatic N) is 2. The van der Waals surface area contributed by atoms with Crippen molar-refractivity contribution in [2.45, 2.75) is 27.7 Å². The normalized spacial score (nSPS) is 14.6. The van der Waals surface area contributed by atoms with E-state index >= 15 is 0 Å². The van der Waals surface area contributed by atoms with Gasteiger partial charge in [-0.3, -0.25) is 9.59 Å². The summed E-state index contributed by atoms with van der Waals surface area (Å²) in [4.78, 5) is 28.6. The van der Waals surface area contributed by atoms with Crippen LogP contribution in [0.3, 0.4) is 0 Å². The molecule has 0 atom stereocenters. The number of hydrogen-bond acceptors (Lipinski definition) is 5. The van der Waals surface area contributed by atoms with Crippen molar-refractivity contribution in [3.63, 3.8) is 0 Å². The van der Waals surface area contributed by atoms with E-state index in [1.807, 2.05) is 62.1 Å². The van der Waals surface area contributed by atoms with Gasteiger partial charge in [-0.05, 0) is 69.2 Å². The number of ketones is 1. The smallest absolute Gasteiger partial charge is 0.246 e. The quantitative estimate of drug-likeness (QED) is 0.390. The first-order valence-electron chi connectivity index (χ1n) is 11.4. The molecule has 1 saturated heterocycles. The van der Waals surface area contributed by atoms with Crippen LogP contribution in [-0.2, 0) is 4.79 Å². The Balaban J connectivity index is 1.47. The second kappa shape index (κ2) is 9.53. The lowest BCUT2D eigenvalue weighted by molar-refractivity contribution is -0.126. The number of benzene rings is 2. The molecule has 0 radical (unpaired) electrons. The van der Waals surface area contributed by atoms with Crippen LogP contribution in [0.15, 0.2) is 53.2 Å². The molecule has 1 amide bonds. The third kappa shape index (κ3) is 4.80. The first kappa shape index (κ1) is 22.6. The number of furan rings is 1. The molecular weight excluding hydrogens is 416 g/mol. The second-order valence-corrected chi connectivity index (χ2v) is 8.44. The summed E-state index contributed by atoms with van der Waals surface area (Å²) in [5.41, 5.74) is 5.40. The van der Waals surface area contributed by atoms with Crippen LogP contribution in [0.5, 0.6) is 5.75 Å². The third-order valence-electron chi connectivity index (χ3n) is 6.16. The number of fused-ring (bicyclic) bond motifs is 1. The summed E-state index contributed by atoms with van der Waals surface area (Å²) in [5, 5.41) is 1.03. The van der Waals surface area contributed by atoms with Crippen molar-refractivity contribution in [3.05, 3.63) is 65.4 Å². The second-order valence-electron chi connectivity index (χ2n) is 8.44. The van der Waals surface area contributed by atoms with Gasteiger partial charge in [-0.15, -0.1) is 0 Å². The fourth-order valence-corrected chi connectivity index (χ4v) is 4.21. The molecule has 2 aromatic carbocycles. The molecule has 1 aromatic heterocycles. The molecule has 1 aliphatic rings. The first-order valence-corrected chi connectivity index (χ1v) is 11.4. The molecule has 0 aliphatic carbocycles. The molecule has 172 valence electrons. The monoisotopic (exact) mass is 446 g/mol. The van der Waals surface area contributed by atoms with Gasteiger partial charge < -0.3 is 19.0 Å². The zero-order valence-electron chi connectivity index (χ0n) is 19.7. The maximum absolute atomic E-state index is 13.0. The van der Waals surface area contributed by atoms with E-state index in [2.05, 4.69) is 4.90 Å². The van der Waals surface area contributed by atoms with Crippen molar-refractivity contribution in [1.82, 2.24) is 4.90 Å². The predicted molar refractivity (Wildman–Crippen MR) is 131 cm³/mol. The molecular formula is C27H30N2O4. The highest BCUT2D eigenvalue weighted by Crippen LogP contribution is 2.33. The van der Waals surface area contributed by atoms with E-state index in [9.17, 15) is 9.59 Å². The Morgan fingerprint density at radius 2 is 1.76 bits per heavy atom. The average molecular weight is 447 g/mol. The lowest BCUT2D eigenvalue weighted by Crippen LogP contribution is -2.48. The summed E-state index contributed by atoms with van der Waals surface area (Å²) in [5.74, 6) is 0.791. The van der Waals surface area contributed by atoms with Crippen molar-refractivity contribution in [2.24, 2.45) is 0 Å². The molecule has 0 spiro atoms. The molecule has 33 heavy (non-hydrogen) atoms. The molecule has 0 N–H and O–H groups in total. The number of aryl methyl sites for hydroxylation is 1. The van der Waals surface area contributed by atoms with Crippen molar-refractivity contribution >= 4 is 33.9 Å². The highest BCUT2D eigenvalue weighted by molar-refractivity contribution is 5.97. The van der Waals surface area contributed by atoms with Crippen LogP contribution in [0.2, 0.25) is 0 Å². The number of anilines is 1. The summed E-state index contributed by atoms with van der Waals surface area (Å²) < 4.78 is 11.5. The van der Waals surface area contributed by atoms with E-state index in [-0.39, 0.29) is 11.7 Å². The Bertz CT molecular complexity index is 1200. The summed E-state index contributed by atoms with van der Waals surface area (Å²) in [6.07, 6.45) is 3.44. The van der Waals surface area contributed by atoms with E-state index in [4.69, 9.17) is 9.15 Å². The van der Waals surface area contributed by atoms with Crippen LogP contribution in [0.1, 0.15) is 42.3 Å². The number of amides is 1. The Hall–Kier alpha value is -3.54. The number of piperazine rings is 1. The van der Waals surface area contributed by atoms with Gasteiger partial charge in [0.2, 0.25) is 5.91 Å². The van der Waals surface area contributed by atoms with Gasteiger partial charge in [0, 0.05) is 60.5 Å². The number of carbonyl (C=O) groups is 2. The highest BCUT2D eigenvalue weighted by Gasteiger charge is 2.21. The standard InChI is InChI=1S/C27H30N2O4/c1-5-32-25-16-26-24(19(3)17-33-26)15-23(25)18(2)14-27(31)29-12-10-28(11-13-29)22-8-6-21(7-9-22)20(4)30/h6-9,14-17H,5,10-13H2,1-4H3/b18-14+. The van der Waals surface area contributed by atoms with E-state index in [1.165, 1.54) is 0 Å². The van der Waals surface area contributed by atoms with Gasteiger partial charge in [0.15, 0.2) is 5.78 Å². The molecule has 1 fully saturated rings. The minimum atomic E-state index is 0.00513. The van der Waals surface area contributed by atoms with Crippen LogP contribution in [0.4, 0.5) is 5.69 Å². The van der Waals surface area contributed by atoms with Crippen LogP contribution >= 0.6 is 0 Å². The number of carbonyl (C=O) groups excluding carboxylic acids is 2. The summed E-state index contributed by atoms with van der Waals surface area (Å²) in [6.45, 7) is 10.8. The molecule has 3 aromatic rings. The molecule has 0 unspecified atom stereocenters. The van der Waals surface area contributed by atoms with Gasteiger partial charge in [-0.2, -0.15) is 0 Å². The maximum atomic E-state index is 13.0. The van der Waals surface area contributed by atoms with Crippen molar-refractivity contribution in [2.75, 3.05) is 37.7 Å². The van der Waals surface area contributed by atoms with Gasteiger partial charge in [0.05, 0.1) is 12.9 Å². The molecule has 6 nitrogen and oxygen atoms in total. The van der Waals surface area contributed by atoms with Crippen molar-refractivity contribution in [1.29, 1.82) is 0 Å². The maximum Gasteiger partial charge on any atom is 0.246 e. The molecule has 4 rings (SSSR count). The highest BCUT2D eigenvalue weighted by atomic mass is 16.5. The van der Waals surface area contributed by atoms with Crippen LogP contribution in [0, 0.1) is 6.92 Å². The Labute approximate surface area is 194 Å². The molecule has 0 saturated carbocycles.